The molecule has 0 heterocycles. The quantitative estimate of drug-likeness (QED) is 0.650. The Morgan fingerprint density at radius 1 is 1.29 bits per heavy atom. The van der Waals surface area contributed by atoms with E-state index in [2.05, 4.69) is 47.1 Å². The van der Waals surface area contributed by atoms with Crippen molar-refractivity contribution >= 4 is 15.9 Å². The maximum Gasteiger partial charge on any atom is 0.0151 e. The summed E-state index contributed by atoms with van der Waals surface area (Å²) in [5.41, 5.74) is 2.92. The fourth-order valence-corrected chi connectivity index (χ4v) is 3.13. The first-order valence-corrected chi connectivity index (χ1v) is 6.38. The van der Waals surface area contributed by atoms with Crippen LogP contribution in [0.2, 0.25) is 0 Å². The second-order valence-corrected chi connectivity index (χ2v) is 5.67. The minimum Gasteiger partial charge on any atom is -0.0890 e. The molecule has 1 aromatic carbocycles. The molecule has 1 aliphatic rings. The summed E-state index contributed by atoms with van der Waals surface area (Å²) in [6.07, 6.45) is 5.39. The molecule has 0 radical (unpaired) electrons. The van der Waals surface area contributed by atoms with Gasteiger partial charge in [0.15, 0.2) is 0 Å². The van der Waals surface area contributed by atoms with E-state index in [1.54, 1.807) is 0 Å². The maximum atomic E-state index is 3.74. The Hall–Kier alpha value is -0.300. The number of hydrogen-bond donors (Lipinski definition) is 0. The van der Waals surface area contributed by atoms with Crippen LogP contribution < -0.4 is 0 Å². The van der Waals surface area contributed by atoms with E-state index in [1.165, 1.54) is 36.8 Å². The Balaban J connectivity index is 2.14. The van der Waals surface area contributed by atoms with Crippen LogP contribution in [0.4, 0.5) is 0 Å². The van der Waals surface area contributed by atoms with Gasteiger partial charge in [-0.1, -0.05) is 52.2 Å². The smallest absolute Gasteiger partial charge is 0.0151 e. The molecule has 0 spiro atoms. The highest BCUT2D eigenvalue weighted by molar-refractivity contribution is 9.09. The van der Waals surface area contributed by atoms with Gasteiger partial charge in [0.05, 0.1) is 0 Å². The van der Waals surface area contributed by atoms with Crippen molar-refractivity contribution in [3.05, 3.63) is 35.4 Å². The molecule has 76 valence electrons. The first kappa shape index (κ1) is 10.2. The molecule has 0 nitrogen and oxygen atoms in total. The highest BCUT2D eigenvalue weighted by atomic mass is 79.9. The highest BCUT2D eigenvalue weighted by Gasteiger charge is 2.20. The molecule has 0 bridgehead atoms. The molecule has 1 saturated carbocycles. The van der Waals surface area contributed by atoms with E-state index in [0.29, 0.717) is 0 Å². The Labute approximate surface area is 94.8 Å². The molecule has 0 aromatic heterocycles. The lowest BCUT2D eigenvalue weighted by molar-refractivity contribution is 0.458. The third-order valence-corrected chi connectivity index (χ3v) is 3.96. The molecule has 2 rings (SSSR count). The summed E-state index contributed by atoms with van der Waals surface area (Å²) in [4.78, 5) is 0.738. The first-order chi connectivity index (χ1) is 6.75. The summed E-state index contributed by atoms with van der Waals surface area (Å²) >= 11 is 3.74. The molecule has 0 N–H and O–H groups in total. The predicted octanol–water partition coefficient (Wildman–Crippen LogP) is 4.42. The number of alkyl halides is 1. The van der Waals surface area contributed by atoms with Crippen molar-refractivity contribution in [2.24, 2.45) is 0 Å². The van der Waals surface area contributed by atoms with E-state index in [0.717, 1.165) is 10.7 Å². The minimum absolute atomic E-state index is 0.738. The molecule has 1 fully saturated rings. The molecule has 0 aliphatic heterocycles. The van der Waals surface area contributed by atoms with E-state index >= 15 is 0 Å². The number of halogens is 1. The highest BCUT2D eigenvalue weighted by Crippen LogP contribution is 2.35. The Morgan fingerprint density at radius 3 is 2.86 bits per heavy atom. The van der Waals surface area contributed by atoms with Gasteiger partial charge in [-0.2, -0.15) is 0 Å². The fraction of sp³-hybridized carbons (Fsp3) is 0.538. The molecule has 1 heteroatoms. The van der Waals surface area contributed by atoms with Crippen LogP contribution in [0.15, 0.2) is 24.3 Å². The lowest BCUT2D eigenvalue weighted by Crippen LogP contribution is -2.13. The zero-order chi connectivity index (χ0) is 9.97. The van der Waals surface area contributed by atoms with E-state index in [-0.39, 0.29) is 0 Å². The third-order valence-electron chi connectivity index (χ3n) is 3.12. The van der Waals surface area contributed by atoms with Crippen LogP contribution in [0.5, 0.6) is 0 Å². The molecule has 2 atom stereocenters. The van der Waals surface area contributed by atoms with Crippen LogP contribution in [0.1, 0.15) is 42.7 Å². The van der Waals surface area contributed by atoms with Crippen molar-refractivity contribution in [2.75, 3.05) is 0 Å². The van der Waals surface area contributed by atoms with Gasteiger partial charge in [-0.05, 0) is 37.7 Å². The molecular weight excluding hydrogens is 236 g/mol. The van der Waals surface area contributed by atoms with Gasteiger partial charge in [-0.25, -0.2) is 0 Å². The van der Waals surface area contributed by atoms with Gasteiger partial charge in [-0.15, -0.1) is 0 Å². The fourth-order valence-electron chi connectivity index (χ4n) is 2.36. The van der Waals surface area contributed by atoms with E-state index in [1.807, 2.05) is 0 Å². The normalized spacial score (nSPS) is 27.6. The average molecular weight is 253 g/mol. The third kappa shape index (κ3) is 2.38. The van der Waals surface area contributed by atoms with Crippen LogP contribution in [0, 0.1) is 6.92 Å². The van der Waals surface area contributed by atoms with Crippen LogP contribution in [-0.4, -0.2) is 4.83 Å². The van der Waals surface area contributed by atoms with Gasteiger partial charge in [0.1, 0.15) is 0 Å². The lowest BCUT2D eigenvalue weighted by atomic mass is 9.83. The van der Waals surface area contributed by atoms with E-state index in [4.69, 9.17) is 0 Å². The summed E-state index contributed by atoms with van der Waals surface area (Å²) in [5, 5.41) is 0. The summed E-state index contributed by atoms with van der Waals surface area (Å²) in [6, 6.07) is 8.98. The maximum absolute atomic E-state index is 3.74. The van der Waals surface area contributed by atoms with Crippen LogP contribution >= 0.6 is 15.9 Å². The Kier molecular flexibility index (Phi) is 3.27. The summed E-state index contributed by atoms with van der Waals surface area (Å²) in [6.45, 7) is 2.18. The summed E-state index contributed by atoms with van der Waals surface area (Å²) < 4.78 is 0. The summed E-state index contributed by atoms with van der Waals surface area (Å²) in [5.74, 6) is 0.785. The molecular formula is C13H17Br. The number of rotatable bonds is 1. The van der Waals surface area contributed by atoms with E-state index in [9.17, 15) is 0 Å². The molecule has 14 heavy (non-hydrogen) atoms. The second kappa shape index (κ2) is 4.48. The van der Waals surface area contributed by atoms with Gasteiger partial charge < -0.3 is 0 Å². The minimum atomic E-state index is 0.738. The molecule has 0 amide bonds. The van der Waals surface area contributed by atoms with Crippen molar-refractivity contribution in [1.82, 2.24) is 0 Å². The van der Waals surface area contributed by atoms with Crippen LogP contribution in [0.25, 0.3) is 0 Å². The van der Waals surface area contributed by atoms with Crippen LogP contribution in [0.3, 0.4) is 0 Å². The Morgan fingerprint density at radius 2 is 2.14 bits per heavy atom. The molecule has 1 aliphatic carbocycles. The van der Waals surface area contributed by atoms with Gasteiger partial charge >= 0.3 is 0 Å². The van der Waals surface area contributed by atoms with Crippen molar-refractivity contribution in [2.45, 2.75) is 43.4 Å². The van der Waals surface area contributed by atoms with Crippen molar-refractivity contribution in [3.8, 4) is 0 Å². The Bertz CT molecular complexity index is 306. The van der Waals surface area contributed by atoms with Gasteiger partial charge in [0.25, 0.3) is 0 Å². The topological polar surface area (TPSA) is 0 Å². The monoisotopic (exact) mass is 252 g/mol. The van der Waals surface area contributed by atoms with Crippen LogP contribution in [-0.2, 0) is 0 Å². The zero-order valence-corrected chi connectivity index (χ0v) is 10.3. The van der Waals surface area contributed by atoms with Gasteiger partial charge in [0.2, 0.25) is 0 Å². The molecule has 1 aromatic rings. The lowest BCUT2D eigenvalue weighted by Gasteiger charge is -2.26. The van der Waals surface area contributed by atoms with Gasteiger partial charge in [0, 0.05) is 4.83 Å². The van der Waals surface area contributed by atoms with Crippen molar-refractivity contribution in [3.63, 3.8) is 0 Å². The first-order valence-electron chi connectivity index (χ1n) is 5.46. The number of benzene rings is 1. The molecule has 0 saturated heterocycles. The second-order valence-electron chi connectivity index (χ2n) is 4.37. The zero-order valence-electron chi connectivity index (χ0n) is 8.67. The molecule has 2 unspecified atom stereocenters. The predicted molar refractivity (Wildman–Crippen MR) is 65.1 cm³/mol. The average Bonchev–Trinajstić information content (AvgIpc) is 2.18. The largest absolute Gasteiger partial charge is 0.0890 e. The summed E-state index contributed by atoms with van der Waals surface area (Å²) in [7, 11) is 0. The standard InChI is InChI=1S/C13H17Br/c1-10-4-2-5-11(8-10)12-6-3-7-13(14)9-12/h2,4-5,8,12-13H,3,6-7,9H2,1H3. The van der Waals surface area contributed by atoms with Crippen molar-refractivity contribution < 1.29 is 0 Å². The number of aryl methyl sites for hydroxylation is 1. The van der Waals surface area contributed by atoms with E-state index < -0.39 is 0 Å². The van der Waals surface area contributed by atoms with Gasteiger partial charge in [-0.3, -0.25) is 0 Å². The SMILES string of the molecule is Cc1cccc(C2CCCC(Br)C2)c1. The van der Waals surface area contributed by atoms with Crippen molar-refractivity contribution in [1.29, 1.82) is 0 Å². The number of hydrogen-bond acceptors (Lipinski definition) is 0.